The molecule has 1 aromatic carbocycles. The van der Waals surface area contributed by atoms with Crippen molar-refractivity contribution < 1.29 is 19.1 Å². The Kier molecular flexibility index (Phi) is 8.20. The summed E-state index contributed by atoms with van der Waals surface area (Å²) < 4.78 is 11.1. The molecule has 2 aliphatic rings. The average Bonchev–Trinajstić information content (AvgIpc) is 3.34. The number of hydrogen-bond acceptors (Lipinski definition) is 6. The first-order valence-corrected chi connectivity index (χ1v) is 12.8. The van der Waals surface area contributed by atoms with Crippen LogP contribution in [0.15, 0.2) is 29.6 Å². The number of hydrogen-bond donors (Lipinski definition) is 2. The monoisotopic (exact) mass is 471 g/mol. The zero-order valence-corrected chi connectivity index (χ0v) is 20.0. The third-order valence-corrected chi connectivity index (χ3v) is 7.41. The van der Waals surface area contributed by atoms with Crippen LogP contribution < -0.4 is 20.1 Å². The van der Waals surface area contributed by atoms with E-state index in [4.69, 9.17) is 9.47 Å². The molecule has 2 aromatic rings. The van der Waals surface area contributed by atoms with E-state index in [1.807, 2.05) is 24.3 Å². The molecule has 0 saturated heterocycles. The van der Waals surface area contributed by atoms with Crippen molar-refractivity contribution in [2.45, 2.75) is 76.5 Å². The van der Waals surface area contributed by atoms with Crippen LogP contribution in [0.2, 0.25) is 0 Å². The molecule has 1 aromatic heterocycles. The topological polar surface area (TPSA) is 89.6 Å². The molecule has 0 bridgehead atoms. The van der Waals surface area contributed by atoms with Gasteiger partial charge in [0, 0.05) is 23.4 Å². The van der Waals surface area contributed by atoms with Gasteiger partial charge in [0.1, 0.15) is 17.3 Å². The molecule has 2 fully saturated rings. The third kappa shape index (κ3) is 6.25. The van der Waals surface area contributed by atoms with Gasteiger partial charge < -0.3 is 20.1 Å². The van der Waals surface area contributed by atoms with Crippen molar-refractivity contribution in [2.24, 2.45) is 5.92 Å². The number of amides is 2. The highest BCUT2D eigenvalue weighted by atomic mass is 32.1. The summed E-state index contributed by atoms with van der Waals surface area (Å²) in [5, 5.41) is 8.85. The summed E-state index contributed by atoms with van der Waals surface area (Å²) in [7, 11) is 1.60. The van der Waals surface area contributed by atoms with Gasteiger partial charge in [0.25, 0.3) is 5.91 Å². The summed E-state index contributed by atoms with van der Waals surface area (Å²) in [6.45, 7) is 0.266. The Morgan fingerprint density at radius 2 is 1.64 bits per heavy atom. The Morgan fingerprint density at radius 1 is 0.970 bits per heavy atom. The van der Waals surface area contributed by atoms with E-state index in [9.17, 15) is 9.59 Å². The second-order valence-electron chi connectivity index (χ2n) is 8.88. The van der Waals surface area contributed by atoms with Crippen molar-refractivity contribution >= 4 is 23.2 Å². The van der Waals surface area contributed by atoms with E-state index in [2.05, 4.69) is 15.6 Å². The first kappa shape index (κ1) is 23.5. The molecule has 1 heterocycles. The number of carbonyl (C=O) groups is 2. The van der Waals surface area contributed by atoms with E-state index in [0.29, 0.717) is 17.2 Å². The number of methoxy groups -OCH3 is 1. The Hall–Kier alpha value is -2.61. The van der Waals surface area contributed by atoms with Crippen molar-refractivity contribution in [1.82, 2.24) is 15.6 Å². The Morgan fingerprint density at radius 3 is 2.36 bits per heavy atom. The summed E-state index contributed by atoms with van der Waals surface area (Å²) in [4.78, 5) is 30.1. The first-order chi connectivity index (χ1) is 16.1. The summed E-state index contributed by atoms with van der Waals surface area (Å²) >= 11 is 1.40. The number of thiazole rings is 1. The Labute approximate surface area is 199 Å². The maximum absolute atomic E-state index is 12.9. The van der Waals surface area contributed by atoms with Crippen LogP contribution in [0.1, 0.15) is 73.3 Å². The maximum atomic E-state index is 12.9. The number of para-hydroxylation sites is 2. The minimum absolute atomic E-state index is 0.0101. The van der Waals surface area contributed by atoms with Crippen LogP contribution in [-0.2, 0) is 11.4 Å². The number of ether oxygens (including phenoxy) is 2. The van der Waals surface area contributed by atoms with Gasteiger partial charge >= 0.3 is 0 Å². The summed E-state index contributed by atoms with van der Waals surface area (Å²) in [6, 6.07) is 7.37. The number of benzene rings is 1. The zero-order valence-electron chi connectivity index (χ0n) is 19.2. The third-order valence-electron chi connectivity index (χ3n) is 6.59. The van der Waals surface area contributed by atoms with Gasteiger partial charge in [-0.1, -0.05) is 44.2 Å². The summed E-state index contributed by atoms with van der Waals surface area (Å²) in [5.41, 5.74) is 0.390. The van der Waals surface area contributed by atoms with Gasteiger partial charge in [-0.25, -0.2) is 4.98 Å². The fourth-order valence-corrected chi connectivity index (χ4v) is 5.43. The lowest BCUT2D eigenvalue weighted by Crippen LogP contribution is -2.54. The lowest BCUT2D eigenvalue weighted by atomic mass is 9.86. The van der Waals surface area contributed by atoms with Crippen molar-refractivity contribution in [1.29, 1.82) is 0 Å². The van der Waals surface area contributed by atoms with Crippen LogP contribution in [0.3, 0.4) is 0 Å². The van der Waals surface area contributed by atoms with Crippen LogP contribution in [0, 0.1) is 5.92 Å². The van der Waals surface area contributed by atoms with E-state index in [0.717, 1.165) is 56.4 Å². The zero-order chi connectivity index (χ0) is 23.0. The minimum atomic E-state index is -0.196. The maximum Gasteiger partial charge on any atom is 0.271 e. The molecule has 0 radical (unpaired) electrons. The van der Waals surface area contributed by atoms with E-state index >= 15 is 0 Å². The molecule has 0 spiro atoms. The number of aromatic nitrogens is 1. The van der Waals surface area contributed by atoms with E-state index < -0.39 is 0 Å². The predicted octanol–water partition coefficient (Wildman–Crippen LogP) is 4.47. The van der Waals surface area contributed by atoms with Crippen LogP contribution in [-0.4, -0.2) is 36.0 Å². The molecule has 2 saturated carbocycles. The molecule has 2 aliphatic carbocycles. The molecule has 2 N–H and O–H groups in total. The molecule has 178 valence electrons. The molecule has 7 nitrogen and oxygen atoms in total. The molecular formula is C25H33N3O4S. The van der Waals surface area contributed by atoms with Crippen molar-refractivity contribution in [3.63, 3.8) is 0 Å². The van der Waals surface area contributed by atoms with Gasteiger partial charge in [0.2, 0.25) is 5.91 Å². The lowest BCUT2D eigenvalue weighted by molar-refractivity contribution is -0.127. The average molecular weight is 472 g/mol. The van der Waals surface area contributed by atoms with Gasteiger partial charge in [0.05, 0.1) is 7.11 Å². The highest BCUT2D eigenvalue weighted by Crippen LogP contribution is 2.28. The first-order valence-electron chi connectivity index (χ1n) is 12.0. The minimum Gasteiger partial charge on any atom is -0.493 e. The lowest BCUT2D eigenvalue weighted by Gasteiger charge is -2.34. The molecular weight excluding hydrogens is 438 g/mol. The molecule has 8 heteroatoms. The molecule has 33 heavy (non-hydrogen) atoms. The second-order valence-corrected chi connectivity index (χ2v) is 9.82. The largest absolute Gasteiger partial charge is 0.493 e. The normalized spacial score (nSPS) is 21.2. The highest BCUT2D eigenvalue weighted by Gasteiger charge is 2.31. The van der Waals surface area contributed by atoms with E-state index in [-0.39, 0.29) is 36.4 Å². The van der Waals surface area contributed by atoms with Gasteiger partial charge in [-0.05, 0) is 37.8 Å². The van der Waals surface area contributed by atoms with E-state index in [1.165, 1.54) is 17.8 Å². The van der Waals surface area contributed by atoms with Crippen molar-refractivity contribution in [2.75, 3.05) is 7.11 Å². The van der Waals surface area contributed by atoms with E-state index in [1.54, 1.807) is 12.5 Å². The fourth-order valence-electron chi connectivity index (χ4n) is 4.74. The molecule has 0 unspecified atom stereocenters. The molecule has 2 amide bonds. The van der Waals surface area contributed by atoms with Crippen molar-refractivity contribution in [3.05, 3.63) is 40.3 Å². The Bertz CT molecular complexity index is 941. The standard InChI is InChI=1S/C25H33N3O4S/c1-31-21-13-7-8-14-22(21)32-15-23-26-20(16-33-23)25(30)28-19-12-6-5-11-18(19)27-24(29)17-9-3-2-4-10-17/h7-8,13-14,16-19H,2-6,9-12,15H2,1H3,(H,27,29)(H,28,30)/t18-,19-/m0/s1. The number of nitrogens with one attached hydrogen (secondary N) is 2. The Balaban J connectivity index is 1.32. The van der Waals surface area contributed by atoms with Gasteiger partial charge in [-0.2, -0.15) is 0 Å². The number of carbonyl (C=O) groups excluding carboxylic acids is 2. The quantitative estimate of drug-likeness (QED) is 0.593. The molecule has 4 rings (SSSR count). The fraction of sp³-hybridized carbons (Fsp3) is 0.560. The SMILES string of the molecule is COc1ccccc1OCc1nc(C(=O)N[C@H]2CCCC[C@@H]2NC(=O)C2CCCCC2)cs1. The van der Waals surface area contributed by atoms with Gasteiger partial charge in [-0.15, -0.1) is 11.3 Å². The van der Waals surface area contributed by atoms with Gasteiger partial charge in [-0.3, -0.25) is 9.59 Å². The molecule has 0 aliphatic heterocycles. The second kappa shape index (κ2) is 11.5. The predicted molar refractivity (Wildman–Crippen MR) is 128 cm³/mol. The summed E-state index contributed by atoms with van der Waals surface area (Å²) in [5.74, 6) is 1.39. The van der Waals surface area contributed by atoms with Crippen molar-refractivity contribution in [3.8, 4) is 11.5 Å². The van der Waals surface area contributed by atoms with Crippen LogP contribution in [0.4, 0.5) is 0 Å². The number of nitrogens with zero attached hydrogens (tertiary/aromatic N) is 1. The van der Waals surface area contributed by atoms with Crippen LogP contribution >= 0.6 is 11.3 Å². The number of rotatable bonds is 8. The summed E-state index contributed by atoms with van der Waals surface area (Å²) in [6.07, 6.45) is 9.35. The smallest absolute Gasteiger partial charge is 0.271 e. The van der Waals surface area contributed by atoms with Crippen LogP contribution in [0.25, 0.3) is 0 Å². The molecule has 2 atom stereocenters. The highest BCUT2D eigenvalue weighted by molar-refractivity contribution is 7.09. The van der Waals surface area contributed by atoms with Gasteiger partial charge in [0.15, 0.2) is 11.5 Å². The van der Waals surface area contributed by atoms with Crippen LogP contribution in [0.5, 0.6) is 11.5 Å².